The van der Waals surface area contributed by atoms with Crippen molar-refractivity contribution in [2.24, 2.45) is 0 Å². The van der Waals surface area contributed by atoms with Gasteiger partial charge in [-0.1, -0.05) is 11.6 Å². The second-order valence-corrected chi connectivity index (χ2v) is 7.34. The Morgan fingerprint density at radius 2 is 2.18 bits per heavy atom. The first-order valence-corrected chi connectivity index (χ1v) is 8.01. The summed E-state index contributed by atoms with van der Waals surface area (Å²) in [5.41, 5.74) is 0. The highest BCUT2D eigenvalue weighted by atomic mass is 79.9. The molecule has 1 aliphatic rings. The number of rotatable bonds is 2. The maximum atomic E-state index is 12.4. The van der Waals surface area contributed by atoms with Crippen LogP contribution in [0.4, 0.5) is 0 Å². The summed E-state index contributed by atoms with van der Waals surface area (Å²) in [5.74, 6) is 0. The fourth-order valence-electron chi connectivity index (χ4n) is 2.04. The topological polar surface area (TPSA) is 37.4 Å². The van der Waals surface area contributed by atoms with Gasteiger partial charge in [0.15, 0.2) is 0 Å². The quantitative estimate of drug-likeness (QED) is 0.830. The molecule has 1 aliphatic heterocycles. The molecule has 3 nitrogen and oxygen atoms in total. The van der Waals surface area contributed by atoms with Gasteiger partial charge in [0, 0.05) is 17.1 Å². The van der Waals surface area contributed by atoms with Gasteiger partial charge in [0.05, 0.1) is 9.92 Å². The van der Waals surface area contributed by atoms with Gasteiger partial charge in [-0.25, -0.2) is 8.42 Å². The van der Waals surface area contributed by atoms with Crippen LogP contribution in [0.3, 0.4) is 0 Å². The Morgan fingerprint density at radius 3 is 2.71 bits per heavy atom. The Morgan fingerprint density at radius 1 is 1.47 bits per heavy atom. The van der Waals surface area contributed by atoms with E-state index in [-0.39, 0.29) is 6.04 Å². The minimum atomic E-state index is -3.38. The normalized spacial score (nSPS) is 21.9. The summed E-state index contributed by atoms with van der Waals surface area (Å²) in [6.07, 6.45) is 1.85. The maximum Gasteiger partial charge on any atom is 0.243 e. The van der Waals surface area contributed by atoms with Crippen LogP contribution in [0.2, 0.25) is 5.02 Å². The van der Waals surface area contributed by atoms with Gasteiger partial charge in [-0.05, 0) is 53.9 Å². The van der Waals surface area contributed by atoms with E-state index >= 15 is 0 Å². The van der Waals surface area contributed by atoms with Crippen LogP contribution in [0.5, 0.6) is 0 Å². The number of nitrogens with zero attached hydrogens (tertiary/aromatic N) is 1. The molecule has 1 saturated heterocycles. The smallest absolute Gasteiger partial charge is 0.207 e. The lowest BCUT2D eigenvalue weighted by Crippen LogP contribution is -2.33. The summed E-state index contributed by atoms with van der Waals surface area (Å²) in [4.78, 5) is 0.294. The lowest BCUT2D eigenvalue weighted by Gasteiger charge is -2.21. The standard InChI is InChI=1S/C11H13BrClNO2S/c1-8-3-2-6-14(8)17(15,16)9-4-5-11(13)10(12)7-9/h4-5,7-8H,2-3,6H2,1H3. The average Bonchev–Trinajstić information content (AvgIpc) is 2.69. The van der Waals surface area contributed by atoms with Gasteiger partial charge in [0.1, 0.15) is 0 Å². The van der Waals surface area contributed by atoms with Gasteiger partial charge in [0.2, 0.25) is 10.0 Å². The van der Waals surface area contributed by atoms with Gasteiger partial charge in [0.25, 0.3) is 0 Å². The molecule has 1 aromatic rings. The Bertz CT molecular complexity index is 532. The molecule has 1 fully saturated rings. The summed E-state index contributed by atoms with van der Waals surface area (Å²) >= 11 is 9.11. The largest absolute Gasteiger partial charge is 0.243 e. The summed E-state index contributed by atoms with van der Waals surface area (Å²) < 4.78 is 26.9. The lowest BCUT2D eigenvalue weighted by atomic mass is 10.3. The Hall–Kier alpha value is -0.100. The molecule has 17 heavy (non-hydrogen) atoms. The summed E-state index contributed by atoms with van der Waals surface area (Å²) in [5, 5.41) is 0.512. The van der Waals surface area contributed by atoms with Crippen molar-refractivity contribution in [3.8, 4) is 0 Å². The van der Waals surface area contributed by atoms with Crippen molar-refractivity contribution in [3.63, 3.8) is 0 Å². The van der Waals surface area contributed by atoms with E-state index in [2.05, 4.69) is 15.9 Å². The van der Waals surface area contributed by atoms with E-state index in [9.17, 15) is 8.42 Å². The van der Waals surface area contributed by atoms with Crippen molar-refractivity contribution in [2.45, 2.75) is 30.7 Å². The van der Waals surface area contributed by atoms with Gasteiger partial charge in [-0.15, -0.1) is 0 Å². The molecule has 0 aromatic heterocycles. The number of sulfonamides is 1. The molecule has 1 heterocycles. The van der Waals surface area contributed by atoms with Crippen molar-refractivity contribution in [2.75, 3.05) is 6.54 Å². The third-order valence-corrected chi connectivity index (χ3v) is 6.21. The molecule has 0 spiro atoms. The number of hydrogen-bond donors (Lipinski definition) is 0. The van der Waals surface area contributed by atoms with Crippen LogP contribution in [0, 0.1) is 0 Å². The minimum Gasteiger partial charge on any atom is -0.207 e. The fourth-order valence-corrected chi connectivity index (χ4v) is 4.41. The number of halogens is 2. The van der Waals surface area contributed by atoms with Crippen LogP contribution < -0.4 is 0 Å². The van der Waals surface area contributed by atoms with Crippen LogP contribution in [0.15, 0.2) is 27.6 Å². The monoisotopic (exact) mass is 337 g/mol. The molecule has 1 unspecified atom stereocenters. The molecule has 1 aromatic carbocycles. The van der Waals surface area contributed by atoms with Gasteiger partial charge >= 0.3 is 0 Å². The van der Waals surface area contributed by atoms with E-state index in [1.807, 2.05) is 6.92 Å². The molecule has 0 bridgehead atoms. The Kier molecular flexibility index (Phi) is 3.83. The van der Waals surface area contributed by atoms with Crippen LogP contribution in [0.1, 0.15) is 19.8 Å². The van der Waals surface area contributed by atoms with Crippen molar-refractivity contribution >= 4 is 37.6 Å². The SMILES string of the molecule is CC1CCCN1S(=O)(=O)c1ccc(Cl)c(Br)c1. The molecule has 0 aliphatic carbocycles. The van der Waals surface area contributed by atoms with E-state index in [1.54, 1.807) is 22.5 Å². The van der Waals surface area contributed by atoms with Crippen molar-refractivity contribution in [1.29, 1.82) is 0 Å². The highest BCUT2D eigenvalue weighted by Crippen LogP contribution is 2.30. The number of benzene rings is 1. The summed E-state index contributed by atoms with van der Waals surface area (Å²) in [6.45, 7) is 2.54. The van der Waals surface area contributed by atoms with Crippen molar-refractivity contribution in [3.05, 3.63) is 27.7 Å². The highest BCUT2D eigenvalue weighted by Gasteiger charge is 2.32. The highest BCUT2D eigenvalue weighted by molar-refractivity contribution is 9.10. The third-order valence-electron chi connectivity index (χ3n) is 2.99. The van der Waals surface area contributed by atoms with Gasteiger partial charge in [-0.2, -0.15) is 4.31 Å². The zero-order valence-electron chi connectivity index (χ0n) is 9.36. The summed E-state index contributed by atoms with van der Waals surface area (Å²) in [7, 11) is -3.38. The third kappa shape index (κ3) is 2.52. The van der Waals surface area contributed by atoms with E-state index in [0.717, 1.165) is 12.8 Å². The molecule has 0 amide bonds. The fraction of sp³-hybridized carbons (Fsp3) is 0.455. The van der Waals surface area contributed by atoms with E-state index in [4.69, 9.17) is 11.6 Å². The molecule has 2 rings (SSSR count). The predicted octanol–water partition coefficient (Wildman–Crippen LogP) is 3.28. The molecule has 6 heteroatoms. The Balaban J connectivity index is 2.41. The zero-order valence-corrected chi connectivity index (χ0v) is 12.5. The van der Waals surface area contributed by atoms with Crippen molar-refractivity contribution < 1.29 is 8.42 Å². The average molecular weight is 339 g/mol. The van der Waals surface area contributed by atoms with E-state index in [1.165, 1.54) is 0 Å². The van der Waals surface area contributed by atoms with E-state index < -0.39 is 10.0 Å². The van der Waals surface area contributed by atoms with Crippen LogP contribution >= 0.6 is 27.5 Å². The first-order valence-electron chi connectivity index (χ1n) is 5.40. The second-order valence-electron chi connectivity index (χ2n) is 4.18. The molecule has 0 saturated carbocycles. The molecular weight excluding hydrogens is 326 g/mol. The first-order chi connectivity index (χ1) is 7.93. The molecule has 1 atom stereocenters. The zero-order chi connectivity index (χ0) is 12.6. The second kappa shape index (κ2) is 4.88. The van der Waals surface area contributed by atoms with E-state index in [0.29, 0.717) is 20.9 Å². The summed E-state index contributed by atoms with van der Waals surface area (Å²) in [6, 6.07) is 4.78. The Labute approximate surface area is 115 Å². The van der Waals surface area contributed by atoms with Crippen LogP contribution in [-0.4, -0.2) is 25.3 Å². The van der Waals surface area contributed by atoms with Gasteiger partial charge < -0.3 is 0 Å². The molecule has 0 radical (unpaired) electrons. The molecule has 0 N–H and O–H groups in total. The first kappa shape index (κ1) is 13.3. The van der Waals surface area contributed by atoms with Crippen LogP contribution in [0.25, 0.3) is 0 Å². The number of hydrogen-bond acceptors (Lipinski definition) is 2. The minimum absolute atomic E-state index is 0.0782. The molecule has 94 valence electrons. The lowest BCUT2D eigenvalue weighted by molar-refractivity contribution is 0.408. The van der Waals surface area contributed by atoms with Crippen molar-refractivity contribution in [1.82, 2.24) is 4.31 Å². The predicted molar refractivity (Wildman–Crippen MR) is 71.7 cm³/mol. The molecular formula is C11H13BrClNO2S. The van der Waals surface area contributed by atoms with Crippen LogP contribution in [-0.2, 0) is 10.0 Å². The van der Waals surface area contributed by atoms with Gasteiger partial charge in [-0.3, -0.25) is 0 Å². The maximum absolute atomic E-state index is 12.4.